The van der Waals surface area contributed by atoms with Gasteiger partial charge in [0, 0.05) is 0 Å². The van der Waals surface area contributed by atoms with E-state index >= 15 is 0 Å². The fourth-order valence-corrected chi connectivity index (χ4v) is 0.799. The first-order valence-corrected chi connectivity index (χ1v) is 3.83. The van der Waals surface area contributed by atoms with Crippen LogP contribution in [-0.2, 0) is 6.18 Å². The van der Waals surface area contributed by atoms with Gasteiger partial charge in [-0.25, -0.2) is 0 Å². The summed E-state index contributed by atoms with van der Waals surface area (Å²) in [4.78, 5) is 0. The summed E-state index contributed by atoms with van der Waals surface area (Å²) < 4.78 is 40.8. The molecule has 0 fully saturated rings. The van der Waals surface area contributed by atoms with E-state index in [1.165, 1.54) is 26.3 Å². The molecule has 2 nitrogen and oxygen atoms in total. The first kappa shape index (κ1) is 12.8. The number of alkyl halides is 3. The van der Waals surface area contributed by atoms with Crippen molar-refractivity contribution in [1.29, 1.82) is 0 Å². The summed E-state index contributed by atoms with van der Waals surface area (Å²) >= 11 is 0. The number of ether oxygens (including phenoxy) is 1. The van der Waals surface area contributed by atoms with Gasteiger partial charge in [0.05, 0.1) is 12.7 Å². The first-order chi connectivity index (χ1) is 6.54. The molecule has 0 unspecified atom stereocenters. The Hall–Kier alpha value is -1.23. The molecule has 0 saturated heterocycles. The van der Waals surface area contributed by atoms with Crippen molar-refractivity contribution in [2.45, 2.75) is 6.18 Å². The highest BCUT2D eigenvalue weighted by molar-refractivity contribution is 5.29. The van der Waals surface area contributed by atoms with Crippen LogP contribution in [0.25, 0.3) is 0 Å². The minimum Gasteiger partial charge on any atom is -0.497 e. The number of rotatable bonds is 1. The minimum atomic E-state index is -4.30. The Morgan fingerprint density at radius 2 is 1.79 bits per heavy atom. The number of halogens is 3. The van der Waals surface area contributed by atoms with Crippen molar-refractivity contribution in [3.05, 3.63) is 29.8 Å². The van der Waals surface area contributed by atoms with E-state index in [0.717, 1.165) is 12.1 Å². The van der Waals surface area contributed by atoms with Crippen LogP contribution in [0.2, 0.25) is 0 Å². The smallest absolute Gasteiger partial charge is 0.416 e. The predicted octanol–water partition coefficient (Wildman–Crippen LogP) is 2.29. The van der Waals surface area contributed by atoms with Crippen molar-refractivity contribution in [3.63, 3.8) is 0 Å². The van der Waals surface area contributed by atoms with E-state index in [1.54, 1.807) is 0 Å². The Kier molecular flexibility index (Phi) is 5.01. The second-order valence-corrected chi connectivity index (χ2v) is 2.23. The van der Waals surface area contributed by atoms with Gasteiger partial charge in [0.1, 0.15) is 5.75 Å². The molecule has 0 aliphatic carbocycles. The molecule has 0 amide bonds. The molecular formula is C9H12F3NO. The lowest BCUT2D eigenvalue weighted by molar-refractivity contribution is -0.137. The highest BCUT2D eigenvalue weighted by Gasteiger charge is 2.30. The van der Waals surface area contributed by atoms with E-state index in [2.05, 4.69) is 10.5 Å². The highest BCUT2D eigenvalue weighted by atomic mass is 19.4. The van der Waals surface area contributed by atoms with Crippen LogP contribution in [0, 0.1) is 0 Å². The van der Waals surface area contributed by atoms with Crippen molar-refractivity contribution in [1.82, 2.24) is 0 Å². The maximum atomic E-state index is 12.0. The van der Waals surface area contributed by atoms with E-state index < -0.39 is 11.7 Å². The summed E-state index contributed by atoms with van der Waals surface area (Å²) in [6.07, 6.45) is -4.30. The lowest BCUT2D eigenvalue weighted by atomic mass is 10.2. The van der Waals surface area contributed by atoms with E-state index in [4.69, 9.17) is 0 Å². The van der Waals surface area contributed by atoms with Crippen molar-refractivity contribution >= 4 is 0 Å². The molecule has 5 heteroatoms. The zero-order valence-electron chi connectivity index (χ0n) is 7.93. The quantitative estimate of drug-likeness (QED) is 0.766. The van der Waals surface area contributed by atoms with Gasteiger partial charge in [-0.1, -0.05) is 6.07 Å². The van der Waals surface area contributed by atoms with Crippen LogP contribution < -0.4 is 10.5 Å². The van der Waals surface area contributed by atoms with Gasteiger partial charge in [-0.15, -0.1) is 0 Å². The normalized spacial score (nSPS) is 10.1. The molecule has 0 aromatic heterocycles. The van der Waals surface area contributed by atoms with Crippen LogP contribution in [0.15, 0.2) is 24.3 Å². The van der Waals surface area contributed by atoms with Gasteiger partial charge in [-0.3, -0.25) is 0 Å². The first-order valence-electron chi connectivity index (χ1n) is 3.83. The van der Waals surface area contributed by atoms with Gasteiger partial charge in [-0.2, -0.15) is 13.2 Å². The molecule has 80 valence electrons. The van der Waals surface area contributed by atoms with Crippen LogP contribution >= 0.6 is 0 Å². The SMILES string of the molecule is CN.COc1cccc(C(F)(F)F)c1. The van der Waals surface area contributed by atoms with Crippen LogP contribution in [0.4, 0.5) is 13.2 Å². The molecule has 0 atom stereocenters. The molecule has 14 heavy (non-hydrogen) atoms. The molecule has 1 aromatic rings. The van der Waals surface area contributed by atoms with Crippen molar-refractivity contribution in [3.8, 4) is 5.75 Å². The maximum absolute atomic E-state index is 12.0. The molecule has 0 heterocycles. The van der Waals surface area contributed by atoms with Crippen molar-refractivity contribution < 1.29 is 17.9 Å². The zero-order chi connectivity index (χ0) is 11.2. The monoisotopic (exact) mass is 207 g/mol. The zero-order valence-corrected chi connectivity index (χ0v) is 7.93. The summed E-state index contributed by atoms with van der Waals surface area (Å²) in [6.45, 7) is 0. The maximum Gasteiger partial charge on any atom is 0.416 e. The Bertz CT molecular complexity index is 273. The van der Waals surface area contributed by atoms with Crippen LogP contribution in [0.1, 0.15) is 5.56 Å². The summed E-state index contributed by atoms with van der Waals surface area (Å²) in [5.74, 6) is 0.213. The lowest BCUT2D eigenvalue weighted by Crippen LogP contribution is -2.04. The number of benzene rings is 1. The molecule has 0 spiro atoms. The molecule has 1 rings (SSSR count). The number of nitrogens with two attached hydrogens (primary N) is 1. The van der Waals surface area contributed by atoms with Gasteiger partial charge in [0.2, 0.25) is 0 Å². The third-order valence-electron chi connectivity index (χ3n) is 1.40. The van der Waals surface area contributed by atoms with Gasteiger partial charge >= 0.3 is 6.18 Å². The fourth-order valence-electron chi connectivity index (χ4n) is 0.799. The van der Waals surface area contributed by atoms with E-state index in [0.29, 0.717) is 0 Å². The molecule has 0 aliphatic heterocycles. The molecule has 0 aliphatic rings. The molecule has 0 saturated carbocycles. The molecule has 0 radical (unpaired) electrons. The number of hydrogen-bond donors (Lipinski definition) is 1. The van der Waals surface area contributed by atoms with Crippen LogP contribution in [0.3, 0.4) is 0 Å². The molecule has 2 N–H and O–H groups in total. The number of hydrogen-bond acceptors (Lipinski definition) is 2. The lowest BCUT2D eigenvalue weighted by Gasteiger charge is -2.07. The van der Waals surface area contributed by atoms with Gasteiger partial charge < -0.3 is 10.5 Å². The van der Waals surface area contributed by atoms with E-state index in [-0.39, 0.29) is 5.75 Å². The average molecular weight is 207 g/mol. The Morgan fingerprint density at radius 3 is 2.21 bits per heavy atom. The van der Waals surface area contributed by atoms with Crippen molar-refractivity contribution in [2.24, 2.45) is 5.73 Å². The standard InChI is InChI=1S/C8H7F3O.CH5N/c1-12-7-4-2-3-6(5-7)8(9,10)11;1-2/h2-5H,1H3;2H2,1H3. The van der Waals surface area contributed by atoms with E-state index in [9.17, 15) is 13.2 Å². The van der Waals surface area contributed by atoms with Crippen molar-refractivity contribution in [2.75, 3.05) is 14.2 Å². The second kappa shape index (κ2) is 5.49. The fraction of sp³-hybridized carbons (Fsp3) is 0.333. The third-order valence-corrected chi connectivity index (χ3v) is 1.40. The molecule has 0 bridgehead atoms. The molecule has 1 aromatic carbocycles. The number of methoxy groups -OCH3 is 1. The van der Waals surface area contributed by atoms with Crippen LogP contribution in [0.5, 0.6) is 5.75 Å². The van der Waals surface area contributed by atoms with Gasteiger partial charge in [0.15, 0.2) is 0 Å². The second-order valence-electron chi connectivity index (χ2n) is 2.23. The van der Waals surface area contributed by atoms with Crippen LogP contribution in [-0.4, -0.2) is 14.2 Å². The highest BCUT2D eigenvalue weighted by Crippen LogP contribution is 2.30. The van der Waals surface area contributed by atoms with Gasteiger partial charge in [-0.05, 0) is 25.2 Å². The Balaban J connectivity index is 0.000000791. The Labute approximate surface area is 80.5 Å². The largest absolute Gasteiger partial charge is 0.497 e. The summed E-state index contributed by atoms with van der Waals surface area (Å²) in [5, 5.41) is 0. The average Bonchev–Trinajstić information content (AvgIpc) is 2.20. The summed E-state index contributed by atoms with van der Waals surface area (Å²) in [7, 11) is 2.83. The predicted molar refractivity (Wildman–Crippen MR) is 48.1 cm³/mol. The summed E-state index contributed by atoms with van der Waals surface area (Å²) in [5.41, 5.74) is 3.81. The summed E-state index contributed by atoms with van der Waals surface area (Å²) in [6, 6.07) is 4.74. The topological polar surface area (TPSA) is 35.2 Å². The third kappa shape index (κ3) is 3.66. The van der Waals surface area contributed by atoms with E-state index in [1.807, 2.05) is 0 Å². The Morgan fingerprint density at radius 1 is 1.21 bits per heavy atom. The molecular weight excluding hydrogens is 195 g/mol. The van der Waals surface area contributed by atoms with Gasteiger partial charge in [0.25, 0.3) is 0 Å². The minimum absolute atomic E-state index is 0.213.